The Morgan fingerprint density at radius 2 is 0.394 bits per heavy atom. The predicted octanol–water partition coefficient (Wildman–Crippen LogP) is 38.9. The molecule has 0 fully saturated rings. The summed E-state index contributed by atoms with van der Waals surface area (Å²) in [6.45, 7) is 60.0. The molecule has 132 heavy (non-hydrogen) atoms. The van der Waals surface area contributed by atoms with Gasteiger partial charge in [-0.3, -0.25) is 0 Å². The number of aromatic nitrogens is 3. The van der Waals surface area contributed by atoms with Gasteiger partial charge in [-0.25, -0.2) is 0 Å². The third-order valence-electron chi connectivity index (χ3n) is 25.3. The molecular formula is C129H153N3. The molecule has 15 aromatic carbocycles. The van der Waals surface area contributed by atoms with E-state index in [0.717, 1.165) is 57.8 Å². The maximum absolute atomic E-state index is 2.54. The summed E-state index contributed by atoms with van der Waals surface area (Å²) in [7, 11) is 0. The highest BCUT2D eigenvalue weighted by atomic mass is 15.0. The average molecular weight is 1750 g/mol. The van der Waals surface area contributed by atoms with Crippen LogP contribution in [0.3, 0.4) is 0 Å². The van der Waals surface area contributed by atoms with Gasteiger partial charge in [0.2, 0.25) is 0 Å². The Labute approximate surface area is 796 Å². The van der Waals surface area contributed by atoms with Crippen LogP contribution in [0.1, 0.15) is 308 Å². The first-order valence-electron chi connectivity index (χ1n) is 51.8. The van der Waals surface area contributed by atoms with Crippen LogP contribution in [0.2, 0.25) is 0 Å². The van der Waals surface area contributed by atoms with Crippen molar-refractivity contribution in [1.82, 2.24) is 13.7 Å². The molecule has 3 heteroatoms. The zero-order valence-electron chi connectivity index (χ0n) is 86.2. The number of fused-ring (bicyclic) bond motifs is 38. The second kappa shape index (κ2) is 47.7. The first-order valence-corrected chi connectivity index (χ1v) is 51.8. The van der Waals surface area contributed by atoms with Crippen molar-refractivity contribution < 1.29 is 0 Å². The molecule has 0 saturated carbocycles. The van der Waals surface area contributed by atoms with Crippen molar-refractivity contribution in [3.05, 3.63) is 373 Å². The lowest BCUT2D eigenvalue weighted by Crippen LogP contribution is -2.08. The van der Waals surface area contributed by atoms with Crippen molar-refractivity contribution >= 4 is 65.4 Å². The van der Waals surface area contributed by atoms with E-state index in [1.165, 1.54) is 249 Å². The summed E-state index contributed by atoms with van der Waals surface area (Å²) in [5.74, 6) is 0. The Balaban J connectivity index is 0.000000180. The van der Waals surface area contributed by atoms with Crippen molar-refractivity contribution in [3.8, 4) is 83.8 Å². The monoisotopic (exact) mass is 1740 g/mol. The third kappa shape index (κ3) is 17.3. The van der Waals surface area contributed by atoms with Gasteiger partial charge in [0, 0.05) is 68.6 Å². The third-order valence-corrected chi connectivity index (χ3v) is 25.3. The standard InChI is InChI=1S/3C33H21N.15C2H6/c1-3-9-24-19(7-1)13-21-15-27-22(16-26(21)24)17-29-28(27)18-23-14-20-8-2-5-11-30(20)34-31-12-6-4-10-25(31)32(29)33(23)34;1-3-9-23-19(7-1)16-26-24(23)14-13-21-17-28-27(31(21)26)18-22-15-20-8-2-5-11-29(20)34-30-12-6-4-10-25(30)32(28)33(22)34;1-3-9-24-19(7-1)15-21-13-14-22-17-27-26(31(22)30(21)24)18-23-16-20-8-2-5-11-28(20)34-29-12-6-4-10-25(29)32(27)33(23)34;15*1-2/h1-12,15-16,18H,13-14,17H2;2*1-14,18H,15-17H2;15*1-2H3. The smallest absolute Gasteiger partial charge is 0.0579 e. The molecule has 0 saturated heterocycles. The molecule has 9 aliphatic rings. The van der Waals surface area contributed by atoms with Crippen LogP contribution in [0.4, 0.5) is 0 Å². The predicted molar refractivity (Wildman–Crippen MR) is 590 cm³/mol. The van der Waals surface area contributed by atoms with Gasteiger partial charge < -0.3 is 13.7 Å². The summed E-state index contributed by atoms with van der Waals surface area (Å²) in [6, 6.07) is 103. The highest BCUT2D eigenvalue weighted by Crippen LogP contribution is 2.57. The van der Waals surface area contributed by atoms with Gasteiger partial charge in [-0.1, -0.05) is 414 Å². The van der Waals surface area contributed by atoms with Crippen LogP contribution in [-0.2, 0) is 57.8 Å². The summed E-state index contributed by atoms with van der Waals surface area (Å²) in [5.41, 5.74) is 56.3. The number of rotatable bonds is 0. The van der Waals surface area contributed by atoms with Gasteiger partial charge in [0.05, 0.1) is 33.1 Å². The fourth-order valence-electron chi connectivity index (χ4n) is 21.2. The van der Waals surface area contributed by atoms with Gasteiger partial charge in [0.15, 0.2) is 0 Å². The van der Waals surface area contributed by atoms with Crippen molar-refractivity contribution in [2.24, 2.45) is 0 Å². The number of hydrogen-bond donors (Lipinski definition) is 0. The first kappa shape index (κ1) is 102. The van der Waals surface area contributed by atoms with Crippen LogP contribution in [-0.4, -0.2) is 13.7 Å². The van der Waals surface area contributed by atoms with Crippen LogP contribution >= 0.6 is 0 Å². The van der Waals surface area contributed by atoms with E-state index in [0.29, 0.717) is 0 Å². The van der Waals surface area contributed by atoms with Gasteiger partial charge in [-0.05, 0) is 272 Å². The zero-order valence-corrected chi connectivity index (χ0v) is 86.2. The van der Waals surface area contributed by atoms with Crippen LogP contribution < -0.4 is 0 Å². The van der Waals surface area contributed by atoms with Crippen molar-refractivity contribution in [2.45, 2.75) is 265 Å². The second-order valence-corrected chi connectivity index (χ2v) is 30.3. The summed E-state index contributed by atoms with van der Waals surface area (Å²) >= 11 is 0. The molecule has 0 bridgehead atoms. The Hall–Kier alpha value is -12.3. The first-order chi connectivity index (χ1) is 65.6. The van der Waals surface area contributed by atoms with Gasteiger partial charge in [-0.2, -0.15) is 0 Å². The minimum Gasteiger partial charge on any atom is -0.309 e. The maximum atomic E-state index is 2.54. The minimum atomic E-state index is 0.997. The van der Waals surface area contributed by atoms with Crippen LogP contribution in [0.5, 0.6) is 0 Å². The molecule has 3 aromatic heterocycles. The quantitative estimate of drug-likeness (QED) is 0.144. The molecular weight excluding hydrogens is 1590 g/mol. The van der Waals surface area contributed by atoms with E-state index in [9.17, 15) is 0 Å². The molecule has 684 valence electrons. The van der Waals surface area contributed by atoms with E-state index in [-0.39, 0.29) is 0 Å². The second-order valence-electron chi connectivity index (χ2n) is 30.3. The van der Waals surface area contributed by atoms with Crippen molar-refractivity contribution in [3.63, 3.8) is 0 Å². The van der Waals surface area contributed by atoms with E-state index in [1.807, 2.05) is 208 Å². The lowest BCUT2D eigenvalue weighted by Gasteiger charge is -2.22. The molecule has 0 unspecified atom stereocenters. The van der Waals surface area contributed by atoms with Crippen molar-refractivity contribution in [2.75, 3.05) is 0 Å². The van der Waals surface area contributed by atoms with Gasteiger partial charge in [0.1, 0.15) is 0 Å². The lowest BCUT2D eigenvalue weighted by molar-refractivity contribution is 1.04. The van der Waals surface area contributed by atoms with E-state index in [4.69, 9.17) is 0 Å². The summed E-state index contributed by atoms with van der Waals surface area (Å²) < 4.78 is 7.59. The fourth-order valence-corrected chi connectivity index (χ4v) is 21.2. The Bertz CT molecular complexity index is 6970. The molecule has 18 aromatic rings. The average Bonchev–Trinajstić information content (AvgIpc) is 1.54. The number of para-hydroxylation sites is 6. The molecule has 3 aliphatic heterocycles. The van der Waals surface area contributed by atoms with E-state index < -0.39 is 0 Å². The molecule has 0 N–H and O–H groups in total. The van der Waals surface area contributed by atoms with Crippen molar-refractivity contribution in [1.29, 1.82) is 0 Å². The van der Waals surface area contributed by atoms with E-state index in [1.54, 1.807) is 0 Å². The largest absolute Gasteiger partial charge is 0.309 e. The number of benzene rings is 15. The highest BCUT2D eigenvalue weighted by Gasteiger charge is 2.38. The molecule has 0 spiro atoms. The van der Waals surface area contributed by atoms with Gasteiger partial charge in [-0.15, -0.1) is 0 Å². The van der Waals surface area contributed by atoms with Gasteiger partial charge in [0.25, 0.3) is 0 Å². The molecule has 0 amide bonds. The summed E-state index contributed by atoms with van der Waals surface area (Å²) in [4.78, 5) is 0. The normalized spacial score (nSPS) is 11.6. The van der Waals surface area contributed by atoms with Gasteiger partial charge >= 0.3 is 0 Å². The van der Waals surface area contributed by atoms with Crippen LogP contribution in [0.15, 0.2) is 273 Å². The molecule has 0 radical (unpaired) electrons. The number of nitrogens with zero attached hydrogens (tertiary/aromatic N) is 3. The lowest BCUT2D eigenvalue weighted by atomic mass is 9.89. The summed E-state index contributed by atoms with van der Waals surface area (Å²) in [6.07, 6.45) is 9.22. The Morgan fingerprint density at radius 1 is 0.152 bits per heavy atom. The minimum absolute atomic E-state index is 0.997. The SMILES string of the molecule is CC.CC.CC.CC.CC.CC.CC.CC.CC.CC.CC.CC.CC.CC.CC.c1ccc2c(c1)Cc1c-2ccc2c1-c1cc3c4c(c1C2)c1ccccc1n4-c1ccccc1C3.c1ccc2c(c1)Cc1cc3c(cc1-2)Cc1c-3cc2c3c1c1ccccc1n3-c1ccccc1C2.c1ccc2c(c1)Cc1ccc3c(c1-2)-c1cc2c4c(c1C3)c1ccccc1n4-c1ccccc1C2. The fraction of sp³-hybridized carbons (Fsp3) is 0.302. The Morgan fingerprint density at radius 3 is 0.811 bits per heavy atom. The van der Waals surface area contributed by atoms with Crippen LogP contribution in [0, 0.1) is 0 Å². The zero-order chi connectivity index (χ0) is 95.9. The molecule has 6 heterocycles. The topological polar surface area (TPSA) is 14.8 Å². The number of hydrogen-bond acceptors (Lipinski definition) is 0. The highest BCUT2D eigenvalue weighted by molar-refractivity contribution is 6.19. The van der Waals surface area contributed by atoms with Crippen LogP contribution in [0.25, 0.3) is 149 Å². The molecule has 6 aliphatic carbocycles. The Kier molecular flexibility index (Phi) is 36.8. The summed E-state index contributed by atoms with van der Waals surface area (Å²) in [5, 5.41) is 8.57. The molecule has 3 nitrogen and oxygen atoms in total. The maximum Gasteiger partial charge on any atom is 0.0579 e. The van der Waals surface area contributed by atoms with E-state index in [2.05, 4.69) is 287 Å². The molecule has 27 rings (SSSR count). The molecule has 0 atom stereocenters. The van der Waals surface area contributed by atoms with E-state index >= 15 is 0 Å².